The van der Waals surface area contributed by atoms with E-state index in [1.807, 2.05) is 18.2 Å². The molecule has 0 bridgehead atoms. The van der Waals surface area contributed by atoms with Crippen molar-refractivity contribution in [3.8, 4) is 0 Å². The summed E-state index contributed by atoms with van der Waals surface area (Å²) in [4.78, 5) is 2.28. The quantitative estimate of drug-likeness (QED) is 0.877. The number of rotatable bonds is 1. The van der Waals surface area contributed by atoms with Crippen LogP contribution in [0.2, 0.25) is 0 Å². The third-order valence-electron chi connectivity index (χ3n) is 5.24. The maximum absolute atomic E-state index is 11.1. The van der Waals surface area contributed by atoms with Crippen molar-refractivity contribution >= 4 is 10.8 Å². The molecule has 1 heterocycles. The average Bonchev–Trinajstić information content (AvgIpc) is 2.54. The van der Waals surface area contributed by atoms with Gasteiger partial charge in [-0.05, 0) is 36.7 Å². The van der Waals surface area contributed by atoms with Gasteiger partial charge in [-0.1, -0.05) is 49.2 Å². The Balaban J connectivity index is 1.69. The highest BCUT2D eigenvalue weighted by atomic mass is 16.6. The molecule has 0 amide bonds. The highest BCUT2D eigenvalue weighted by Crippen LogP contribution is 2.38. The fraction of sp³-hybridized carbons (Fsp3) is 0.474. The lowest BCUT2D eigenvalue weighted by Gasteiger charge is -2.49. The van der Waals surface area contributed by atoms with Crippen LogP contribution in [0.3, 0.4) is 0 Å². The number of aliphatic hydroxyl groups is 1. The molecule has 0 spiro atoms. The molecule has 1 aliphatic heterocycles. The fourth-order valence-corrected chi connectivity index (χ4v) is 4.05. The van der Waals surface area contributed by atoms with Crippen LogP contribution in [0.5, 0.6) is 0 Å². The van der Waals surface area contributed by atoms with Gasteiger partial charge in [0.25, 0.3) is 0 Å². The standard InChI is InChI=1S/C19H23NO2/c1-20-13-19(21,22-18-9-5-4-8-17(18)20)16-11-10-14-6-2-3-7-15(14)12-16/h2-3,6-7,10-12,17-18,21H,4-5,8-9,13H2,1H3. The number of β-amino-alcohol motifs (C(OH)–C–C–N with tert-alkyl or cyclic N) is 1. The minimum absolute atomic E-state index is 0.143. The Labute approximate surface area is 131 Å². The third kappa shape index (κ3) is 2.34. The monoisotopic (exact) mass is 297 g/mol. The molecule has 116 valence electrons. The van der Waals surface area contributed by atoms with Gasteiger partial charge < -0.3 is 9.84 Å². The Morgan fingerprint density at radius 2 is 1.86 bits per heavy atom. The molecule has 3 atom stereocenters. The van der Waals surface area contributed by atoms with Crippen LogP contribution in [-0.2, 0) is 10.5 Å². The first-order chi connectivity index (χ1) is 10.7. The number of benzene rings is 2. The van der Waals surface area contributed by atoms with Crippen molar-refractivity contribution in [2.24, 2.45) is 0 Å². The third-order valence-corrected chi connectivity index (χ3v) is 5.24. The maximum Gasteiger partial charge on any atom is 0.205 e. The molecule has 1 saturated heterocycles. The summed E-state index contributed by atoms with van der Waals surface area (Å²) in [7, 11) is 2.11. The number of ether oxygens (including phenoxy) is 1. The SMILES string of the molecule is CN1CC(O)(c2ccc3ccccc3c2)OC2CCCCC21. The zero-order chi connectivity index (χ0) is 15.2. The van der Waals surface area contributed by atoms with Crippen LogP contribution in [0.25, 0.3) is 10.8 Å². The highest BCUT2D eigenvalue weighted by molar-refractivity contribution is 5.83. The van der Waals surface area contributed by atoms with Crippen LogP contribution in [0.1, 0.15) is 31.2 Å². The molecule has 0 radical (unpaired) electrons. The van der Waals surface area contributed by atoms with E-state index in [1.165, 1.54) is 24.6 Å². The normalized spacial score (nSPS) is 32.8. The number of likely N-dealkylation sites (N-methyl/N-ethyl adjacent to an activating group) is 1. The fourth-order valence-electron chi connectivity index (χ4n) is 4.05. The molecular formula is C19H23NO2. The van der Waals surface area contributed by atoms with Crippen LogP contribution in [0, 0.1) is 0 Å². The van der Waals surface area contributed by atoms with Gasteiger partial charge in [-0.3, -0.25) is 4.90 Å². The van der Waals surface area contributed by atoms with Gasteiger partial charge in [-0.2, -0.15) is 0 Å². The summed E-state index contributed by atoms with van der Waals surface area (Å²) in [5.41, 5.74) is 0.863. The van der Waals surface area contributed by atoms with Crippen LogP contribution >= 0.6 is 0 Å². The molecule has 0 aromatic heterocycles. The molecule has 2 aromatic carbocycles. The van der Waals surface area contributed by atoms with Crippen molar-refractivity contribution in [2.45, 2.75) is 43.6 Å². The van der Waals surface area contributed by atoms with Crippen LogP contribution in [0.15, 0.2) is 42.5 Å². The molecule has 1 saturated carbocycles. The minimum Gasteiger partial charge on any atom is -0.361 e. The maximum atomic E-state index is 11.1. The highest BCUT2D eigenvalue weighted by Gasteiger charge is 2.45. The minimum atomic E-state index is -1.20. The van der Waals surface area contributed by atoms with E-state index in [0.717, 1.165) is 17.4 Å². The van der Waals surface area contributed by atoms with E-state index in [2.05, 4.69) is 36.2 Å². The number of hydrogen-bond acceptors (Lipinski definition) is 3. The van der Waals surface area contributed by atoms with Crippen molar-refractivity contribution in [3.05, 3.63) is 48.0 Å². The van der Waals surface area contributed by atoms with Gasteiger partial charge in [0.1, 0.15) is 0 Å². The lowest BCUT2D eigenvalue weighted by molar-refractivity contribution is -0.293. The number of hydrogen-bond donors (Lipinski definition) is 1. The van der Waals surface area contributed by atoms with Gasteiger partial charge >= 0.3 is 0 Å². The van der Waals surface area contributed by atoms with E-state index in [0.29, 0.717) is 12.6 Å². The van der Waals surface area contributed by atoms with E-state index in [-0.39, 0.29) is 6.10 Å². The summed E-state index contributed by atoms with van der Waals surface area (Å²) in [5, 5.41) is 13.5. The van der Waals surface area contributed by atoms with Gasteiger partial charge in [-0.25, -0.2) is 0 Å². The first-order valence-electron chi connectivity index (χ1n) is 8.25. The van der Waals surface area contributed by atoms with Crippen molar-refractivity contribution < 1.29 is 9.84 Å². The van der Waals surface area contributed by atoms with E-state index < -0.39 is 5.79 Å². The molecule has 3 heteroatoms. The van der Waals surface area contributed by atoms with Crippen LogP contribution in [-0.4, -0.2) is 35.7 Å². The number of morpholine rings is 1. The Hall–Kier alpha value is -1.42. The number of fused-ring (bicyclic) bond motifs is 2. The molecule has 2 fully saturated rings. The summed E-state index contributed by atoms with van der Waals surface area (Å²) in [6, 6.07) is 14.8. The Morgan fingerprint density at radius 3 is 2.73 bits per heavy atom. The summed E-state index contributed by atoms with van der Waals surface area (Å²) < 4.78 is 6.20. The smallest absolute Gasteiger partial charge is 0.205 e. The van der Waals surface area contributed by atoms with Gasteiger partial charge in [0, 0.05) is 11.6 Å². The largest absolute Gasteiger partial charge is 0.361 e. The van der Waals surface area contributed by atoms with Gasteiger partial charge in [-0.15, -0.1) is 0 Å². The van der Waals surface area contributed by atoms with E-state index >= 15 is 0 Å². The van der Waals surface area contributed by atoms with Crippen molar-refractivity contribution in [1.82, 2.24) is 4.90 Å². The van der Waals surface area contributed by atoms with Crippen molar-refractivity contribution in [2.75, 3.05) is 13.6 Å². The van der Waals surface area contributed by atoms with Crippen LogP contribution < -0.4 is 0 Å². The zero-order valence-corrected chi connectivity index (χ0v) is 13.0. The average molecular weight is 297 g/mol. The second-order valence-corrected chi connectivity index (χ2v) is 6.77. The molecule has 4 rings (SSSR count). The number of nitrogens with zero attached hydrogens (tertiary/aromatic N) is 1. The summed E-state index contributed by atoms with van der Waals surface area (Å²) >= 11 is 0. The molecule has 22 heavy (non-hydrogen) atoms. The van der Waals surface area contributed by atoms with Crippen LogP contribution in [0.4, 0.5) is 0 Å². The first kappa shape index (κ1) is 14.2. The van der Waals surface area contributed by atoms with Gasteiger partial charge in [0.05, 0.1) is 12.6 Å². The first-order valence-corrected chi connectivity index (χ1v) is 8.25. The molecule has 1 aliphatic carbocycles. The van der Waals surface area contributed by atoms with E-state index in [1.54, 1.807) is 0 Å². The Kier molecular flexibility index (Phi) is 3.44. The topological polar surface area (TPSA) is 32.7 Å². The predicted octanol–water partition coefficient (Wildman–Crippen LogP) is 3.26. The molecular weight excluding hydrogens is 274 g/mol. The molecule has 2 aromatic rings. The summed E-state index contributed by atoms with van der Waals surface area (Å²) in [6.45, 7) is 0.534. The van der Waals surface area contributed by atoms with E-state index in [9.17, 15) is 5.11 Å². The molecule has 3 nitrogen and oxygen atoms in total. The van der Waals surface area contributed by atoms with Gasteiger partial charge in [0.15, 0.2) is 0 Å². The lowest BCUT2D eigenvalue weighted by atomic mass is 9.88. The Morgan fingerprint density at radius 1 is 1.09 bits per heavy atom. The second-order valence-electron chi connectivity index (χ2n) is 6.77. The summed E-state index contributed by atoms with van der Waals surface area (Å²) in [5.74, 6) is -1.20. The molecule has 3 unspecified atom stereocenters. The molecule has 2 aliphatic rings. The van der Waals surface area contributed by atoms with Gasteiger partial charge in [0.2, 0.25) is 5.79 Å². The zero-order valence-electron chi connectivity index (χ0n) is 13.0. The molecule has 1 N–H and O–H groups in total. The van der Waals surface area contributed by atoms with Crippen molar-refractivity contribution in [1.29, 1.82) is 0 Å². The second kappa shape index (κ2) is 5.34. The van der Waals surface area contributed by atoms with Crippen molar-refractivity contribution in [3.63, 3.8) is 0 Å². The Bertz CT molecular complexity index is 686. The summed E-state index contributed by atoms with van der Waals surface area (Å²) in [6.07, 6.45) is 4.83. The van der Waals surface area contributed by atoms with E-state index in [4.69, 9.17) is 4.74 Å². The lowest BCUT2D eigenvalue weighted by Crippen LogP contribution is -2.58. The predicted molar refractivity (Wildman–Crippen MR) is 87.6 cm³/mol.